The number of imidazole rings is 1. The molecule has 0 saturated heterocycles. The fourth-order valence-corrected chi connectivity index (χ4v) is 1.86. The monoisotopic (exact) mass is 269 g/mol. The highest BCUT2D eigenvalue weighted by Crippen LogP contribution is 2.15. The molecule has 1 rings (SSSR count). The van der Waals surface area contributed by atoms with Gasteiger partial charge in [-0.15, -0.1) is 0 Å². The Morgan fingerprint density at radius 1 is 1.32 bits per heavy atom. The summed E-state index contributed by atoms with van der Waals surface area (Å²) in [7, 11) is 1.72. The Hall–Kier alpha value is -1.07. The van der Waals surface area contributed by atoms with Gasteiger partial charge < -0.3 is 19.4 Å². The molecular formula is C14H27N3O2. The molecule has 1 atom stereocenters. The van der Waals surface area contributed by atoms with Crippen LogP contribution in [0.15, 0.2) is 6.20 Å². The highest BCUT2D eigenvalue weighted by atomic mass is 16.5. The van der Waals surface area contributed by atoms with Crippen LogP contribution in [0.1, 0.15) is 32.5 Å². The number of aryl methyl sites for hydroxylation is 1. The van der Waals surface area contributed by atoms with Crippen molar-refractivity contribution < 1.29 is 9.47 Å². The van der Waals surface area contributed by atoms with Gasteiger partial charge in [-0.25, -0.2) is 4.98 Å². The van der Waals surface area contributed by atoms with Crippen molar-refractivity contribution in [2.24, 2.45) is 5.92 Å². The number of anilines is 1. The van der Waals surface area contributed by atoms with Crippen molar-refractivity contribution in [1.29, 1.82) is 0 Å². The summed E-state index contributed by atoms with van der Waals surface area (Å²) in [6, 6.07) is 0.269. The standard InChI is InChI=1S/C14H27N3O2/c1-11(2)9-19-7-6-15-14-16-12(3)8-17(14)13(4)10-18-5/h8,11,13H,6-7,9-10H2,1-5H3,(H,15,16). The zero-order chi connectivity index (χ0) is 14.3. The fourth-order valence-electron chi connectivity index (χ4n) is 1.86. The van der Waals surface area contributed by atoms with E-state index in [1.54, 1.807) is 7.11 Å². The van der Waals surface area contributed by atoms with E-state index in [0.717, 1.165) is 24.8 Å². The lowest BCUT2D eigenvalue weighted by atomic mass is 10.2. The Balaban J connectivity index is 2.44. The van der Waals surface area contributed by atoms with Crippen LogP contribution < -0.4 is 5.32 Å². The quantitative estimate of drug-likeness (QED) is 0.700. The van der Waals surface area contributed by atoms with E-state index in [0.29, 0.717) is 19.1 Å². The first-order chi connectivity index (χ1) is 9.04. The minimum absolute atomic E-state index is 0.269. The lowest BCUT2D eigenvalue weighted by Crippen LogP contribution is -2.17. The van der Waals surface area contributed by atoms with E-state index in [1.165, 1.54) is 0 Å². The van der Waals surface area contributed by atoms with Crippen LogP contribution in [0.5, 0.6) is 0 Å². The fraction of sp³-hybridized carbons (Fsp3) is 0.786. The van der Waals surface area contributed by atoms with Gasteiger partial charge in [-0.1, -0.05) is 13.8 Å². The third-order valence-corrected chi connectivity index (χ3v) is 2.72. The number of rotatable bonds is 9. The van der Waals surface area contributed by atoms with Crippen molar-refractivity contribution in [1.82, 2.24) is 9.55 Å². The number of methoxy groups -OCH3 is 1. The maximum Gasteiger partial charge on any atom is 0.203 e. The first-order valence-electron chi connectivity index (χ1n) is 6.90. The van der Waals surface area contributed by atoms with Crippen molar-refractivity contribution >= 4 is 5.95 Å². The molecule has 1 unspecified atom stereocenters. The van der Waals surface area contributed by atoms with Crippen LogP contribution in [0.2, 0.25) is 0 Å². The van der Waals surface area contributed by atoms with Crippen molar-refractivity contribution in [2.75, 3.05) is 38.8 Å². The van der Waals surface area contributed by atoms with Gasteiger partial charge in [0.1, 0.15) is 0 Å². The lowest BCUT2D eigenvalue weighted by Gasteiger charge is -2.16. The Morgan fingerprint density at radius 3 is 2.68 bits per heavy atom. The largest absolute Gasteiger partial charge is 0.383 e. The summed E-state index contributed by atoms with van der Waals surface area (Å²) < 4.78 is 12.9. The van der Waals surface area contributed by atoms with Crippen LogP contribution in [0.4, 0.5) is 5.95 Å². The highest BCUT2D eigenvalue weighted by molar-refractivity contribution is 5.29. The predicted octanol–water partition coefficient (Wildman–Crippen LogP) is 2.48. The summed E-state index contributed by atoms with van der Waals surface area (Å²) >= 11 is 0. The molecule has 0 aliphatic carbocycles. The number of aromatic nitrogens is 2. The van der Waals surface area contributed by atoms with E-state index in [9.17, 15) is 0 Å². The number of nitrogens with zero attached hydrogens (tertiary/aromatic N) is 2. The molecule has 1 heterocycles. The van der Waals surface area contributed by atoms with Gasteiger partial charge in [-0.05, 0) is 19.8 Å². The average molecular weight is 269 g/mol. The minimum Gasteiger partial charge on any atom is -0.383 e. The van der Waals surface area contributed by atoms with Crippen LogP contribution in [0.25, 0.3) is 0 Å². The predicted molar refractivity (Wildman–Crippen MR) is 77.7 cm³/mol. The summed E-state index contributed by atoms with van der Waals surface area (Å²) in [5, 5.41) is 3.32. The maximum atomic E-state index is 5.55. The molecule has 0 saturated carbocycles. The topological polar surface area (TPSA) is 48.3 Å². The van der Waals surface area contributed by atoms with Crippen LogP contribution in [0.3, 0.4) is 0 Å². The molecule has 0 spiro atoms. The number of ether oxygens (including phenoxy) is 2. The first-order valence-corrected chi connectivity index (χ1v) is 6.90. The summed E-state index contributed by atoms with van der Waals surface area (Å²) in [6.07, 6.45) is 2.04. The zero-order valence-electron chi connectivity index (χ0n) is 12.8. The summed E-state index contributed by atoms with van der Waals surface area (Å²) in [4.78, 5) is 4.49. The normalized spacial score (nSPS) is 12.9. The van der Waals surface area contributed by atoms with Crippen LogP contribution in [-0.4, -0.2) is 43.0 Å². The van der Waals surface area contributed by atoms with Crippen molar-refractivity contribution in [3.63, 3.8) is 0 Å². The molecule has 5 heteroatoms. The minimum atomic E-state index is 0.269. The van der Waals surface area contributed by atoms with Crippen LogP contribution in [0, 0.1) is 12.8 Å². The second kappa shape index (κ2) is 8.17. The average Bonchev–Trinajstić information content (AvgIpc) is 2.70. The van der Waals surface area contributed by atoms with E-state index >= 15 is 0 Å². The Morgan fingerprint density at radius 2 is 2.05 bits per heavy atom. The van der Waals surface area contributed by atoms with Crippen molar-refractivity contribution in [3.05, 3.63) is 11.9 Å². The van der Waals surface area contributed by atoms with E-state index in [4.69, 9.17) is 9.47 Å². The van der Waals surface area contributed by atoms with Gasteiger partial charge in [0.15, 0.2) is 0 Å². The number of hydrogen-bond donors (Lipinski definition) is 1. The third-order valence-electron chi connectivity index (χ3n) is 2.72. The van der Waals surface area contributed by atoms with Gasteiger partial charge in [-0.3, -0.25) is 0 Å². The zero-order valence-corrected chi connectivity index (χ0v) is 12.8. The Bertz CT molecular complexity index is 364. The second-order valence-electron chi connectivity index (χ2n) is 5.31. The molecule has 0 aromatic carbocycles. The van der Waals surface area contributed by atoms with E-state index < -0.39 is 0 Å². The Kier molecular flexibility index (Phi) is 6.87. The SMILES string of the molecule is COCC(C)n1cc(C)nc1NCCOCC(C)C. The maximum absolute atomic E-state index is 5.55. The second-order valence-corrected chi connectivity index (χ2v) is 5.31. The first kappa shape index (κ1) is 16.0. The van der Waals surface area contributed by atoms with Gasteiger partial charge in [0.05, 0.1) is 24.9 Å². The van der Waals surface area contributed by atoms with E-state index in [-0.39, 0.29) is 6.04 Å². The summed E-state index contributed by atoms with van der Waals surface area (Å²) in [6.45, 7) is 11.3. The summed E-state index contributed by atoms with van der Waals surface area (Å²) in [5.74, 6) is 1.46. The molecule has 0 amide bonds. The molecule has 0 radical (unpaired) electrons. The molecule has 0 bridgehead atoms. The van der Waals surface area contributed by atoms with E-state index in [2.05, 4.69) is 35.6 Å². The molecule has 1 N–H and O–H groups in total. The molecule has 0 aliphatic rings. The van der Waals surface area contributed by atoms with Crippen molar-refractivity contribution in [2.45, 2.75) is 33.7 Å². The van der Waals surface area contributed by atoms with E-state index in [1.807, 2.05) is 13.1 Å². The molecule has 0 fully saturated rings. The molecule has 110 valence electrons. The van der Waals surface area contributed by atoms with Crippen molar-refractivity contribution in [3.8, 4) is 0 Å². The van der Waals surface area contributed by atoms with Gasteiger partial charge in [0.25, 0.3) is 0 Å². The molecular weight excluding hydrogens is 242 g/mol. The molecule has 19 heavy (non-hydrogen) atoms. The van der Waals surface area contributed by atoms with Gasteiger partial charge in [0, 0.05) is 26.5 Å². The smallest absolute Gasteiger partial charge is 0.203 e. The number of hydrogen-bond acceptors (Lipinski definition) is 4. The molecule has 1 aromatic heterocycles. The van der Waals surface area contributed by atoms with Gasteiger partial charge in [-0.2, -0.15) is 0 Å². The number of nitrogens with one attached hydrogen (secondary N) is 1. The Labute approximate surface area is 116 Å². The van der Waals surface area contributed by atoms with Gasteiger partial charge >= 0.3 is 0 Å². The molecule has 0 aliphatic heterocycles. The third kappa shape index (κ3) is 5.61. The lowest BCUT2D eigenvalue weighted by molar-refractivity contribution is 0.118. The molecule has 1 aromatic rings. The molecule has 5 nitrogen and oxygen atoms in total. The summed E-state index contributed by atoms with van der Waals surface area (Å²) in [5.41, 5.74) is 1.01. The van der Waals surface area contributed by atoms with Gasteiger partial charge in [0.2, 0.25) is 5.95 Å². The van der Waals surface area contributed by atoms with Crippen LogP contribution >= 0.6 is 0 Å². The highest BCUT2D eigenvalue weighted by Gasteiger charge is 2.11. The van der Waals surface area contributed by atoms with Crippen LogP contribution in [-0.2, 0) is 9.47 Å².